The molecule has 0 unspecified atom stereocenters. The molecule has 1 aromatic rings. The molecule has 0 bridgehead atoms. The molecule has 1 aliphatic rings. The second-order valence-electron chi connectivity index (χ2n) is 3.66. The summed E-state index contributed by atoms with van der Waals surface area (Å²) in [5, 5.41) is 9.62. The van der Waals surface area contributed by atoms with Gasteiger partial charge in [0.05, 0.1) is 19.3 Å². The summed E-state index contributed by atoms with van der Waals surface area (Å²) in [6.45, 7) is 0. The van der Waals surface area contributed by atoms with Crippen molar-refractivity contribution in [2.75, 3.05) is 7.11 Å². The molecule has 0 aromatic heterocycles. The summed E-state index contributed by atoms with van der Waals surface area (Å²) >= 11 is 0. The lowest BCUT2D eigenvalue weighted by molar-refractivity contribution is 0.127. The predicted molar refractivity (Wildman–Crippen MR) is 54.3 cm³/mol. The van der Waals surface area contributed by atoms with E-state index in [9.17, 15) is 5.11 Å². The fraction of sp³-hybridized carbons (Fsp3) is 0.455. The van der Waals surface area contributed by atoms with E-state index in [0.717, 1.165) is 23.3 Å². The summed E-state index contributed by atoms with van der Waals surface area (Å²) in [7, 11) is 1.66. The summed E-state index contributed by atoms with van der Waals surface area (Å²) in [4.78, 5) is 0. The van der Waals surface area contributed by atoms with Crippen molar-refractivity contribution in [3.05, 3.63) is 29.3 Å². The molecule has 14 heavy (non-hydrogen) atoms. The number of ether oxygens (including phenoxy) is 1. The highest BCUT2D eigenvalue weighted by Gasteiger charge is 2.26. The van der Waals surface area contributed by atoms with E-state index in [4.69, 9.17) is 10.5 Å². The van der Waals surface area contributed by atoms with E-state index in [-0.39, 0.29) is 6.04 Å². The van der Waals surface area contributed by atoms with Gasteiger partial charge in [-0.2, -0.15) is 0 Å². The quantitative estimate of drug-likeness (QED) is 0.699. The number of methoxy groups -OCH3 is 1. The molecule has 0 aliphatic heterocycles. The first kappa shape index (κ1) is 9.49. The van der Waals surface area contributed by atoms with E-state index >= 15 is 0 Å². The molecule has 0 saturated carbocycles. The maximum absolute atomic E-state index is 9.62. The van der Waals surface area contributed by atoms with Crippen molar-refractivity contribution in [2.45, 2.75) is 25.0 Å². The van der Waals surface area contributed by atoms with Crippen LogP contribution in [0.4, 0.5) is 0 Å². The van der Waals surface area contributed by atoms with Crippen molar-refractivity contribution in [2.24, 2.45) is 5.73 Å². The number of aliphatic hydroxyl groups is 1. The van der Waals surface area contributed by atoms with Crippen LogP contribution in [0.1, 0.15) is 23.6 Å². The number of rotatable bonds is 1. The van der Waals surface area contributed by atoms with Crippen LogP contribution in [-0.2, 0) is 6.42 Å². The number of hydrogen-bond acceptors (Lipinski definition) is 3. The van der Waals surface area contributed by atoms with Crippen molar-refractivity contribution in [1.29, 1.82) is 0 Å². The monoisotopic (exact) mass is 193 g/mol. The lowest BCUT2D eigenvalue weighted by atomic mass is 9.85. The van der Waals surface area contributed by atoms with Crippen LogP contribution in [0.5, 0.6) is 5.75 Å². The van der Waals surface area contributed by atoms with Gasteiger partial charge in [-0.3, -0.25) is 0 Å². The summed E-state index contributed by atoms with van der Waals surface area (Å²) in [5.74, 6) is 0.879. The largest absolute Gasteiger partial charge is 0.496 e. The maximum Gasteiger partial charge on any atom is 0.122 e. The lowest BCUT2D eigenvalue weighted by Crippen LogP contribution is -2.31. The minimum atomic E-state index is -0.422. The minimum Gasteiger partial charge on any atom is -0.496 e. The fourth-order valence-corrected chi connectivity index (χ4v) is 2.03. The molecule has 0 fully saturated rings. The Bertz CT molecular complexity index is 338. The standard InChI is InChI=1S/C11H15NO2/c1-14-10-4-2-3-8-7(10)5-6-9(13)11(8)12/h2-4,9,11,13H,5-6,12H2,1H3/t9-,11+/m0/s1. The molecule has 2 atom stereocenters. The van der Waals surface area contributed by atoms with Gasteiger partial charge in [0.2, 0.25) is 0 Å². The fourth-order valence-electron chi connectivity index (χ4n) is 2.03. The van der Waals surface area contributed by atoms with Gasteiger partial charge in [0.15, 0.2) is 0 Å². The predicted octanol–water partition coefficient (Wildman–Crippen LogP) is 1.00. The van der Waals surface area contributed by atoms with Crippen molar-refractivity contribution in [3.8, 4) is 5.75 Å². The van der Waals surface area contributed by atoms with Crippen LogP contribution >= 0.6 is 0 Å². The second-order valence-corrected chi connectivity index (χ2v) is 3.66. The van der Waals surface area contributed by atoms with Crippen molar-refractivity contribution < 1.29 is 9.84 Å². The molecule has 0 radical (unpaired) electrons. The van der Waals surface area contributed by atoms with E-state index < -0.39 is 6.10 Å². The number of nitrogens with two attached hydrogens (primary N) is 1. The van der Waals surface area contributed by atoms with Crippen LogP contribution in [0.15, 0.2) is 18.2 Å². The van der Waals surface area contributed by atoms with Gasteiger partial charge >= 0.3 is 0 Å². The highest BCUT2D eigenvalue weighted by Crippen LogP contribution is 2.33. The molecule has 0 spiro atoms. The third kappa shape index (κ3) is 1.38. The Morgan fingerprint density at radius 2 is 2.29 bits per heavy atom. The van der Waals surface area contributed by atoms with Gasteiger partial charge < -0.3 is 15.6 Å². The Balaban J connectivity index is 2.47. The van der Waals surface area contributed by atoms with Gasteiger partial charge in [0.25, 0.3) is 0 Å². The van der Waals surface area contributed by atoms with E-state index in [2.05, 4.69) is 0 Å². The molecule has 2 rings (SSSR count). The minimum absolute atomic E-state index is 0.270. The Labute approximate surface area is 83.5 Å². The lowest BCUT2D eigenvalue weighted by Gasteiger charge is -2.28. The number of aliphatic hydroxyl groups excluding tert-OH is 1. The zero-order valence-corrected chi connectivity index (χ0v) is 8.23. The summed E-state index contributed by atoms with van der Waals surface area (Å²) in [5.41, 5.74) is 8.07. The van der Waals surface area contributed by atoms with Crippen LogP contribution in [-0.4, -0.2) is 18.3 Å². The van der Waals surface area contributed by atoms with Crippen LogP contribution < -0.4 is 10.5 Å². The van der Waals surface area contributed by atoms with Gasteiger partial charge in [-0.05, 0) is 30.0 Å². The molecule has 0 saturated heterocycles. The second kappa shape index (κ2) is 3.59. The Morgan fingerprint density at radius 1 is 1.50 bits per heavy atom. The third-order valence-electron chi connectivity index (χ3n) is 2.85. The topological polar surface area (TPSA) is 55.5 Å². The van der Waals surface area contributed by atoms with Crippen molar-refractivity contribution in [1.82, 2.24) is 0 Å². The Morgan fingerprint density at radius 3 is 3.00 bits per heavy atom. The van der Waals surface area contributed by atoms with Crippen LogP contribution in [0.2, 0.25) is 0 Å². The summed E-state index contributed by atoms with van der Waals surface area (Å²) in [6, 6.07) is 5.54. The molecular formula is C11H15NO2. The van der Waals surface area contributed by atoms with Crippen LogP contribution in [0.25, 0.3) is 0 Å². The smallest absolute Gasteiger partial charge is 0.122 e. The zero-order chi connectivity index (χ0) is 10.1. The molecule has 1 aromatic carbocycles. The Hall–Kier alpha value is -1.06. The Kier molecular flexibility index (Phi) is 2.44. The number of benzene rings is 1. The third-order valence-corrected chi connectivity index (χ3v) is 2.85. The zero-order valence-electron chi connectivity index (χ0n) is 8.23. The molecule has 0 amide bonds. The first-order chi connectivity index (χ1) is 6.74. The average Bonchev–Trinajstić information content (AvgIpc) is 2.23. The summed E-state index contributed by atoms with van der Waals surface area (Å²) < 4.78 is 5.26. The van der Waals surface area contributed by atoms with Crippen molar-refractivity contribution in [3.63, 3.8) is 0 Å². The van der Waals surface area contributed by atoms with E-state index in [0.29, 0.717) is 6.42 Å². The van der Waals surface area contributed by atoms with Gasteiger partial charge in [0.1, 0.15) is 5.75 Å². The normalized spacial score (nSPS) is 25.6. The van der Waals surface area contributed by atoms with Gasteiger partial charge in [-0.25, -0.2) is 0 Å². The van der Waals surface area contributed by atoms with E-state index in [1.807, 2.05) is 18.2 Å². The number of hydrogen-bond donors (Lipinski definition) is 2. The van der Waals surface area contributed by atoms with Gasteiger partial charge in [0, 0.05) is 0 Å². The maximum atomic E-state index is 9.62. The molecule has 0 heterocycles. The van der Waals surface area contributed by atoms with E-state index in [1.54, 1.807) is 7.11 Å². The average molecular weight is 193 g/mol. The van der Waals surface area contributed by atoms with Gasteiger partial charge in [-0.15, -0.1) is 0 Å². The highest BCUT2D eigenvalue weighted by atomic mass is 16.5. The van der Waals surface area contributed by atoms with Crippen LogP contribution in [0, 0.1) is 0 Å². The first-order valence-corrected chi connectivity index (χ1v) is 4.83. The van der Waals surface area contributed by atoms with Crippen LogP contribution in [0.3, 0.4) is 0 Å². The summed E-state index contributed by atoms with van der Waals surface area (Å²) in [6.07, 6.45) is 1.14. The molecule has 76 valence electrons. The van der Waals surface area contributed by atoms with Gasteiger partial charge in [-0.1, -0.05) is 12.1 Å². The molecular weight excluding hydrogens is 178 g/mol. The first-order valence-electron chi connectivity index (χ1n) is 4.83. The van der Waals surface area contributed by atoms with E-state index in [1.165, 1.54) is 0 Å². The molecule has 3 N–H and O–H groups in total. The number of fused-ring (bicyclic) bond motifs is 1. The van der Waals surface area contributed by atoms with Crippen molar-refractivity contribution >= 4 is 0 Å². The molecule has 1 aliphatic carbocycles. The SMILES string of the molecule is COc1cccc2c1CC[C@H](O)[C@@H]2N. The molecule has 3 nitrogen and oxygen atoms in total. The molecule has 3 heteroatoms. The highest BCUT2D eigenvalue weighted by molar-refractivity contribution is 5.43.